The van der Waals surface area contributed by atoms with Crippen LogP contribution in [0.3, 0.4) is 0 Å². The largest absolute Gasteiger partial charge is 0.483 e. The molecule has 5 heteroatoms. The van der Waals surface area contributed by atoms with Crippen molar-refractivity contribution in [2.24, 2.45) is 5.16 Å². The van der Waals surface area contributed by atoms with Gasteiger partial charge in [-0.2, -0.15) is 0 Å². The molecule has 4 nitrogen and oxygen atoms in total. The molecule has 0 saturated heterocycles. The van der Waals surface area contributed by atoms with Crippen molar-refractivity contribution in [1.29, 1.82) is 0 Å². The van der Waals surface area contributed by atoms with Crippen molar-refractivity contribution >= 4 is 17.5 Å². The molecular weight excluding hydrogens is 314 g/mol. The molecule has 2 rings (SSSR count). The van der Waals surface area contributed by atoms with Crippen LogP contribution in [0.15, 0.2) is 47.6 Å². The molecule has 0 atom stereocenters. The van der Waals surface area contributed by atoms with Crippen LogP contribution in [0.25, 0.3) is 0 Å². The van der Waals surface area contributed by atoms with Gasteiger partial charge in [-0.15, -0.1) is 0 Å². The van der Waals surface area contributed by atoms with Gasteiger partial charge in [-0.05, 0) is 48.3 Å². The summed E-state index contributed by atoms with van der Waals surface area (Å²) in [6.07, 6.45) is 0. The molecule has 0 fully saturated rings. The van der Waals surface area contributed by atoms with Gasteiger partial charge in [0.1, 0.15) is 19.5 Å². The Kier molecular flexibility index (Phi) is 6.29. The zero-order valence-corrected chi connectivity index (χ0v) is 14.3. The maximum Gasteiger partial charge on any atom is 0.264 e. The van der Waals surface area contributed by atoms with Gasteiger partial charge in [0, 0.05) is 5.02 Å². The molecule has 0 amide bonds. The lowest BCUT2D eigenvalue weighted by atomic mass is 10.2. The highest BCUT2D eigenvalue weighted by molar-refractivity contribution is 6.30. The molecule has 2 aromatic rings. The third kappa shape index (κ3) is 5.49. The highest BCUT2D eigenvalue weighted by Gasteiger charge is 2.07. The highest BCUT2D eigenvalue weighted by Crippen LogP contribution is 2.21. The van der Waals surface area contributed by atoms with Crippen molar-refractivity contribution in [2.45, 2.75) is 20.5 Å². The predicted octanol–water partition coefficient (Wildman–Crippen LogP) is 4.51. The SMILES string of the molecule is CON=C(COc1ccc(Cl)cc1C)OCc1ccc(C)cc1. The predicted molar refractivity (Wildman–Crippen MR) is 92.1 cm³/mol. The normalized spacial score (nSPS) is 11.2. The lowest BCUT2D eigenvalue weighted by Crippen LogP contribution is -2.16. The Labute approximate surface area is 141 Å². The molecule has 0 heterocycles. The van der Waals surface area contributed by atoms with E-state index in [4.69, 9.17) is 25.9 Å². The molecule has 0 saturated carbocycles. The van der Waals surface area contributed by atoms with E-state index in [-0.39, 0.29) is 6.61 Å². The average Bonchev–Trinajstić information content (AvgIpc) is 2.53. The average molecular weight is 334 g/mol. The molecule has 0 aromatic heterocycles. The molecule has 2 aromatic carbocycles. The Morgan fingerprint density at radius 1 is 1.09 bits per heavy atom. The van der Waals surface area contributed by atoms with Crippen LogP contribution in [-0.4, -0.2) is 19.6 Å². The number of benzene rings is 2. The van der Waals surface area contributed by atoms with Crippen LogP contribution in [0.1, 0.15) is 16.7 Å². The maximum absolute atomic E-state index is 5.93. The van der Waals surface area contributed by atoms with E-state index >= 15 is 0 Å². The van der Waals surface area contributed by atoms with Crippen LogP contribution < -0.4 is 4.74 Å². The van der Waals surface area contributed by atoms with Crippen LogP contribution in [-0.2, 0) is 16.2 Å². The fourth-order valence-corrected chi connectivity index (χ4v) is 2.19. The number of hydrogen-bond donors (Lipinski definition) is 0. The minimum atomic E-state index is 0.183. The number of oxime groups is 1. The van der Waals surface area contributed by atoms with Crippen molar-refractivity contribution < 1.29 is 14.3 Å². The van der Waals surface area contributed by atoms with E-state index < -0.39 is 0 Å². The quantitative estimate of drug-likeness (QED) is 0.443. The monoisotopic (exact) mass is 333 g/mol. The molecule has 0 aliphatic carbocycles. The summed E-state index contributed by atoms with van der Waals surface area (Å²) >= 11 is 5.93. The Balaban J connectivity index is 1.93. The van der Waals surface area contributed by atoms with Crippen LogP contribution >= 0.6 is 11.6 Å². The second kappa shape index (κ2) is 8.44. The smallest absolute Gasteiger partial charge is 0.264 e. The van der Waals surface area contributed by atoms with E-state index in [1.54, 1.807) is 6.07 Å². The van der Waals surface area contributed by atoms with Gasteiger partial charge in [-0.25, -0.2) is 0 Å². The molecule has 122 valence electrons. The molecule has 0 radical (unpaired) electrons. The third-order valence-electron chi connectivity index (χ3n) is 3.21. The van der Waals surface area contributed by atoms with E-state index in [0.717, 1.165) is 16.9 Å². The minimum absolute atomic E-state index is 0.183. The topological polar surface area (TPSA) is 40.0 Å². The summed E-state index contributed by atoms with van der Waals surface area (Å²) in [5.74, 6) is 1.11. The first-order chi connectivity index (χ1) is 11.1. The summed E-state index contributed by atoms with van der Waals surface area (Å²) < 4.78 is 11.4. The Bertz CT molecular complexity index is 668. The number of nitrogens with zero attached hydrogens (tertiary/aromatic N) is 1. The van der Waals surface area contributed by atoms with Crippen LogP contribution in [0.5, 0.6) is 5.75 Å². The van der Waals surface area contributed by atoms with Gasteiger partial charge in [0.2, 0.25) is 0 Å². The van der Waals surface area contributed by atoms with Gasteiger partial charge in [0.25, 0.3) is 5.90 Å². The zero-order chi connectivity index (χ0) is 16.7. The van der Waals surface area contributed by atoms with Gasteiger partial charge in [-0.1, -0.05) is 41.4 Å². The van der Waals surface area contributed by atoms with Gasteiger partial charge in [0.15, 0.2) is 6.61 Å². The lowest BCUT2D eigenvalue weighted by molar-refractivity contribution is 0.175. The maximum atomic E-state index is 5.93. The number of rotatable bonds is 6. The number of aryl methyl sites for hydroxylation is 2. The summed E-state index contributed by atoms with van der Waals surface area (Å²) in [7, 11) is 1.47. The molecule has 0 N–H and O–H groups in total. The molecule has 0 aliphatic rings. The van der Waals surface area contributed by atoms with E-state index in [2.05, 4.69) is 5.16 Å². The lowest BCUT2D eigenvalue weighted by Gasteiger charge is -2.12. The zero-order valence-electron chi connectivity index (χ0n) is 13.5. The Morgan fingerprint density at radius 3 is 2.48 bits per heavy atom. The molecular formula is C18H20ClNO3. The van der Waals surface area contributed by atoms with E-state index in [9.17, 15) is 0 Å². The number of ether oxygens (including phenoxy) is 2. The van der Waals surface area contributed by atoms with Crippen molar-refractivity contribution in [1.82, 2.24) is 0 Å². The Morgan fingerprint density at radius 2 is 1.83 bits per heavy atom. The van der Waals surface area contributed by atoms with Gasteiger partial charge >= 0.3 is 0 Å². The van der Waals surface area contributed by atoms with Crippen molar-refractivity contribution in [2.75, 3.05) is 13.7 Å². The molecule has 0 spiro atoms. The fraction of sp³-hybridized carbons (Fsp3) is 0.278. The fourth-order valence-electron chi connectivity index (χ4n) is 1.96. The minimum Gasteiger partial charge on any atom is -0.483 e. The summed E-state index contributed by atoms with van der Waals surface area (Å²) in [6, 6.07) is 13.6. The van der Waals surface area contributed by atoms with E-state index in [0.29, 0.717) is 17.5 Å². The standard InChI is InChI=1S/C18H20ClNO3/c1-13-4-6-15(7-5-13)11-23-18(20-21-3)12-22-17-9-8-16(19)10-14(17)2/h4-10H,11-12H2,1-3H3. The molecule has 23 heavy (non-hydrogen) atoms. The summed E-state index contributed by atoms with van der Waals surface area (Å²) in [4.78, 5) is 4.81. The number of halogens is 1. The van der Waals surface area contributed by atoms with E-state index in [1.165, 1.54) is 12.7 Å². The second-order valence-electron chi connectivity index (χ2n) is 5.14. The van der Waals surface area contributed by atoms with Crippen molar-refractivity contribution in [3.63, 3.8) is 0 Å². The molecule has 0 bridgehead atoms. The first kappa shape index (κ1) is 17.2. The van der Waals surface area contributed by atoms with Crippen LogP contribution in [0.4, 0.5) is 0 Å². The first-order valence-electron chi connectivity index (χ1n) is 7.26. The second-order valence-corrected chi connectivity index (χ2v) is 5.58. The Hall–Kier alpha value is -2.20. The van der Waals surface area contributed by atoms with E-state index in [1.807, 2.05) is 50.2 Å². The summed E-state index contributed by atoms with van der Waals surface area (Å²) in [5.41, 5.74) is 3.22. The van der Waals surface area contributed by atoms with Crippen LogP contribution in [0, 0.1) is 13.8 Å². The van der Waals surface area contributed by atoms with Gasteiger partial charge < -0.3 is 14.3 Å². The van der Waals surface area contributed by atoms with Crippen LogP contribution in [0.2, 0.25) is 5.02 Å². The van der Waals surface area contributed by atoms with Crippen molar-refractivity contribution in [3.05, 3.63) is 64.2 Å². The summed E-state index contributed by atoms with van der Waals surface area (Å²) in [5, 5.41) is 4.54. The molecule has 0 unspecified atom stereocenters. The van der Waals surface area contributed by atoms with Gasteiger partial charge in [-0.3, -0.25) is 0 Å². The summed E-state index contributed by atoms with van der Waals surface area (Å²) in [6.45, 7) is 4.57. The molecule has 0 aliphatic heterocycles. The first-order valence-corrected chi connectivity index (χ1v) is 7.63. The third-order valence-corrected chi connectivity index (χ3v) is 3.44. The highest BCUT2D eigenvalue weighted by atomic mass is 35.5. The van der Waals surface area contributed by atoms with Gasteiger partial charge in [0.05, 0.1) is 0 Å². The van der Waals surface area contributed by atoms with Crippen molar-refractivity contribution in [3.8, 4) is 5.75 Å². The number of hydrogen-bond acceptors (Lipinski definition) is 4.